The summed E-state index contributed by atoms with van der Waals surface area (Å²) >= 11 is 0. The van der Waals surface area contributed by atoms with Gasteiger partial charge in [0.25, 0.3) is 0 Å². The zero-order chi connectivity index (χ0) is 8.98. The smallest absolute Gasteiger partial charge is 0.222 e. The molecule has 0 aromatic heterocycles. The molecule has 12 heavy (non-hydrogen) atoms. The molecule has 0 heterocycles. The van der Waals surface area contributed by atoms with E-state index in [1.165, 1.54) is 19.3 Å². The lowest BCUT2D eigenvalue weighted by molar-refractivity contribution is -0.158. The number of amides is 1. The van der Waals surface area contributed by atoms with Gasteiger partial charge in [-0.25, -0.2) is 0 Å². The van der Waals surface area contributed by atoms with Crippen molar-refractivity contribution in [3.8, 4) is 0 Å². The Kier molecular flexibility index (Phi) is 1.37. The first-order valence-electron chi connectivity index (χ1n) is 4.77. The molecule has 2 nitrogen and oxygen atoms in total. The van der Waals surface area contributed by atoms with Crippen LogP contribution in [-0.4, -0.2) is 11.4 Å². The molecule has 3 fully saturated rings. The Morgan fingerprint density at radius 2 is 1.83 bits per heavy atom. The van der Waals surface area contributed by atoms with Gasteiger partial charge in [-0.3, -0.25) is 4.79 Å². The molecule has 0 radical (unpaired) electrons. The quantitative estimate of drug-likeness (QED) is 0.666. The Hall–Kier alpha value is -0.530. The fourth-order valence-corrected chi connectivity index (χ4v) is 2.83. The Morgan fingerprint density at radius 3 is 2.17 bits per heavy atom. The predicted octanol–water partition coefficient (Wildman–Crippen LogP) is 1.70. The van der Waals surface area contributed by atoms with E-state index in [1.54, 1.807) is 0 Å². The monoisotopic (exact) mass is 167 g/mol. The number of carbonyl (C=O) groups is 1. The average Bonchev–Trinajstić information content (AvgIpc) is 1.81. The molecule has 68 valence electrons. The summed E-state index contributed by atoms with van der Waals surface area (Å²) in [6, 6.07) is 0. The SMILES string of the molecule is CC(C)C(=O)NC12CC(C)(C1)C2. The Balaban J connectivity index is 1.86. The molecule has 0 atom stereocenters. The van der Waals surface area contributed by atoms with Gasteiger partial charge >= 0.3 is 0 Å². The average molecular weight is 167 g/mol. The highest BCUT2D eigenvalue weighted by Crippen LogP contribution is 2.66. The normalized spacial score (nSPS) is 43.3. The lowest BCUT2D eigenvalue weighted by atomic mass is 9.40. The Morgan fingerprint density at radius 1 is 1.33 bits per heavy atom. The summed E-state index contributed by atoms with van der Waals surface area (Å²) in [5, 5.41) is 3.14. The molecule has 0 saturated heterocycles. The highest BCUT2D eigenvalue weighted by atomic mass is 16.2. The van der Waals surface area contributed by atoms with Crippen LogP contribution in [0.15, 0.2) is 0 Å². The third-order valence-corrected chi connectivity index (χ3v) is 3.21. The molecule has 1 N–H and O–H groups in total. The number of hydrogen-bond acceptors (Lipinski definition) is 1. The molecule has 1 amide bonds. The van der Waals surface area contributed by atoms with Crippen LogP contribution >= 0.6 is 0 Å². The molecule has 2 heteroatoms. The van der Waals surface area contributed by atoms with Gasteiger partial charge in [-0.1, -0.05) is 20.8 Å². The molecule has 3 rings (SSSR count). The summed E-state index contributed by atoms with van der Waals surface area (Å²) in [7, 11) is 0. The molecule has 0 unspecified atom stereocenters. The lowest BCUT2D eigenvalue weighted by Gasteiger charge is -2.69. The minimum atomic E-state index is 0.131. The van der Waals surface area contributed by atoms with Gasteiger partial charge in [-0.15, -0.1) is 0 Å². The van der Waals surface area contributed by atoms with Crippen LogP contribution < -0.4 is 5.32 Å². The maximum atomic E-state index is 11.4. The highest BCUT2D eigenvalue weighted by Gasteiger charge is 2.65. The highest BCUT2D eigenvalue weighted by molar-refractivity contribution is 5.79. The molecule has 0 aromatic rings. The summed E-state index contributed by atoms with van der Waals surface area (Å²) in [5.74, 6) is 0.351. The number of carbonyl (C=O) groups excluding carboxylic acids is 1. The van der Waals surface area contributed by atoms with Crippen molar-refractivity contribution in [2.75, 3.05) is 0 Å². The van der Waals surface area contributed by atoms with Crippen LogP contribution in [0.2, 0.25) is 0 Å². The van der Waals surface area contributed by atoms with Crippen molar-refractivity contribution in [2.24, 2.45) is 11.3 Å². The van der Waals surface area contributed by atoms with Crippen LogP contribution in [0.1, 0.15) is 40.0 Å². The third-order valence-electron chi connectivity index (χ3n) is 3.21. The van der Waals surface area contributed by atoms with E-state index in [9.17, 15) is 4.79 Å². The lowest BCUT2D eigenvalue weighted by Crippen LogP contribution is -2.73. The minimum absolute atomic E-state index is 0.131. The maximum absolute atomic E-state index is 11.4. The van der Waals surface area contributed by atoms with Crippen LogP contribution in [0.3, 0.4) is 0 Å². The van der Waals surface area contributed by atoms with Crippen molar-refractivity contribution in [1.29, 1.82) is 0 Å². The fraction of sp³-hybridized carbons (Fsp3) is 0.900. The van der Waals surface area contributed by atoms with Crippen molar-refractivity contribution >= 4 is 5.91 Å². The van der Waals surface area contributed by atoms with E-state index in [0.29, 0.717) is 5.41 Å². The van der Waals surface area contributed by atoms with E-state index < -0.39 is 0 Å². The zero-order valence-electron chi connectivity index (χ0n) is 8.11. The van der Waals surface area contributed by atoms with Gasteiger partial charge in [-0.05, 0) is 24.7 Å². The summed E-state index contributed by atoms with van der Waals surface area (Å²) in [6.07, 6.45) is 3.62. The van der Waals surface area contributed by atoms with Crippen molar-refractivity contribution in [3.05, 3.63) is 0 Å². The topological polar surface area (TPSA) is 29.1 Å². The summed E-state index contributed by atoms with van der Waals surface area (Å²) in [6.45, 7) is 6.20. The molecule has 0 spiro atoms. The van der Waals surface area contributed by atoms with Gasteiger partial charge in [0.2, 0.25) is 5.91 Å². The molecule has 2 bridgehead atoms. The molecule has 0 aliphatic heterocycles. The van der Waals surface area contributed by atoms with Crippen molar-refractivity contribution < 1.29 is 4.79 Å². The predicted molar refractivity (Wildman–Crippen MR) is 47.7 cm³/mol. The van der Waals surface area contributed by atoms with Crippen LogP contribution in [0, 0.1) is 11.3 Å². The summed E-state index contributed by atoms with van der Waals surface area (Å²) in [4.78, 5) is 11.4. The van der Waals surface area contributed by atoms with Crippen molar-refractivity contribution in [2.45, 2.75) is 45.6 Å². The van der Waals surface area contributed by atoms with E-state index in [1.807, 2.05) is 13.8 Å². The molecular formula is C10H17NO. The van der Waals surface area contributed by atoms with Gasteiger partial charge < -0.3 is 5.32 Å². The second-order valence-corrected chi connectivity index (χ2v) is 5.27. The second-order valence-electron chi connectivity index (χ2n) is 5.27. The standard InChI is InChI=1S/C10H17NO/c1-7(2)8(12)11-10-4-9(3,5-10)6-10/h7H,4-6H2,1-3H3,(H,11,12). The van der Waals surface area contributed by atoms with Crippen LogP contribution in [0.25, 0.3) is 0 Å². The van der Waals surface area contributed by atoms with Gasteiger partial charge in [0, 0.05) is 11.5 Å². The minimum Gasteiger partial charge on any atom is -0.350 e. The molecule has 0 aromatic carbocycles. The summed E-state index contributed by atoms with van der Waals surface area (Å²) in [5.41, 5.74) is 0.820. The van der Waals surface area contributed by atoms with Gasteiger partial charge in [0.1, 0.15) is 0 Å². The first-order valence-corrected chi connectivity index (χ1v) is 4.77. The van der Waals surface area contributed by atoms with Crippen LogP contribution in [0.4, 0.5) is 0 Å². The third kappa shape index (κ3) is 0.970. The number of rotatable bonds is 2. The van der Waals surface area contributed by atoms with E-state index in [-0.39, 0.29) is 17.4 Å². The zero-order valence-corrected chi connectivity index (χ0v) is 8.11. The van der Waals surface area contributed by atoms with E-state index in [2.05, 4.69) is 12.2 Å². The maximum Gasteiger partial charge on any atom is 0.222 e. The fourth-order valence-electron chi connectivity index (χ4n) is 2.83. The van der Waals surface area contributed by atoms with Gasteiger partial charge in [0.05, 0.1) is 0 Å². The first kappa shape index (κ1) is 8.09. The van der Waals surface area contributed by atoms with Gasteiger partial charge in [-0.2, -0.15) is 0 Å². The van der Waals surface area contributed by atoms with Crippen LogP contribution in [-0.2, 0) is 4.79 Å². The van der Waals surface area contributed by atoms with E-state index in [4.69, 9.17) is 0 Å². The number of nitrogens with one attached hydrogen (secondary N) is 1. The van der Waals surface area contributed by atoms with Crippen molar-refractivity contribution in [3.63, 3.8) is 0 Å². The Labute approximate surface area is 73.7 Å². The summed E-state index contributed by atoms with van der Waals surface area (Å²) < 4.78 is 0. The van der Waals surface area contributed by atoms with E-state index in [0.717, 1.165) is 0 Å². The number of hydrogen-bond donors (Lipinski definition) is 1. The second kappa shape index (κ2) is 2.04. The molecular weight excluding hydrogens is 150 g/mol. The molecule has 3 aliphatic rings. The molecule has 3 aliphatic carbocycles. The Bertz CT molecular complexity index is 212. The van der Waals surface area contributed by atoms with Gasteiger partial charge in [0.15, 0.2) is 0 Å². The van der Waals surface area contributed by atoms with Crippen LogP contribution in [0.5, 0.6) is 0 Å². The first-order chi connectivity index (χ1) is 5.45. The van der Waals surface area contributed by atoms with E-state index >= 15 is 0 Å². The largest absolute Gasteiger partial charge is 0.350 e. The molecule has 3 saturated carbocycles. The van der Waals surface area contributed by atoms with Crippen molar-refractivity contribution in [1.82, 2.24) is 5.32 Å².